The first-order valence-electron chi connectivity index (χ1n) is 7.20. The van der Waals surface area contributed by atoms with E-state index in [1.54, 1.807) is 6.92 Å². The highest BCUT2D eigenvalue weighted by Gasteiger charge is 2.25. The lowest BCUT2D eigenvalue weighted by Gasteiger charge is -2.12. The van der Waals surface area contributed by atoms with Crippen LogP contribution in [0.1, 0.15) is 66.3 Å². The largest absolute Gasteiger partial charge is 0.366 e. The van der Waals surface area contributed by atoms with Crippen LogP contribution >= 0.6 is 11.6 Å². The number of halogens is 1. The third kappa shape index (κ3) is 3.88. The Morgan fingerprint density at radius 1 is 1.38 bits per heavy atom. The number of carbonyl (C=O) groups is 2. The van der Waals surface area contributed by atoms with Gasteiger partial charge in [0.15, 0.2) is 5.82 Å². The molecular weight excluding hydrogens is 334 g/mol. The van der Waals surface area contributed by atoms with Crippen molar-refractivity contribution in [2.45, 2.75) is 39.2 Å². The predicted octanol–water partition coefficient (Wildman–Crippen LogP) is 2.01. The number of hydrogen-bond acceptors (Lipinski definition) is 6. The first kappa shape index (κ1) is 17.9. The molecule has 0 aliphatic carbocycles. The smallest absolute Gasteiger partial charge is 0.272 e. The van der Waals surface area contributed by atoms with Crippen LogP contribution in [0.4, 0.5) is 0 Å². The molecule has 0 aliphatic heterocycles. The van der Waals surface area contributed by atoms with E-state index >= 15 is 0 Å². The van der Waals surface area contributed by atoms with Gasteiger partial charge >= 0.3 is 0 Å². The Bertz CT molecular complexity index is 782. The lowest BCUT2D eigenvalue weighted by molar-refractivity contribution is 0.0925. The van der Waals surface area contributed by atoms with Gasteiger partial charge in [-0.25, -0.2) is 4.98 Å². The Morgan fingerprint density at radius 3 is 2.54 bits per heavy atom. The maximum Gasteiger partial charge on any atom is 0.272 e. The quantitative estimate of drug-likeness (QED) is 0.868. The summed E-state index contributed by atoms with van der Waals surface area (Å²) in [5.74, 6) is -0.386. The Balaban J connectivity index is 2.14. The van der Waals surface area contributed by atoms with Crippen molar-refractivity contribution in [1.29, 1.82) is 0 Å². The zero-order valence-electron chi connectivity index (χ0n) is 13.8. The minimum atomic E-state index is -0.676. The Hall–Kier alpha value is -2.48. The molecule has 0 aliphatic rings. The highest BCUT2D eigenvalue weighted by molar-refractivity contribution is 6.33. The van der Waals surface area contributed by atoms with Gasteiger partial charge in [-0.3, -0.25) is 9.59 Å². The van der Waals surface area contributed by atoms with Gasteiger partial charge in [-0.15, -0.1) is 0 Å². The van der Waals surface area contributed by atoms with Crippen LogP contribution in [0, 0.1) is 0 Å². The van der Waals surface area contributed by atoms with Crippen molar-refractivity contribution in [2.24, 2.45) is 5.73 Å². The molecule has 2 aromatic rings. The van der Waals surface area contributed by atoms with Crippen LogP contribution in [0.5, 0.6) is 0 Å². The first-order valence-corrected chi connectivity index (χ1v) is 7.57. The molecule has 128 valence electrons. The minimum absolute atomic E-state index is 0.0240. The fourth-order valence-electron chi connectivity index (χ4n) is 1.78. The normalized spacial score (nSPS) is 12.7. The van der Waals surface area contributed by atoms with E-state index < -0.39 is 17.9 Å². The van der Waals surface area contributed by atoms with Crippen LogP contribution in [0.15, 0.2) is 16.8 Å². The van der Waals surface area contributed by atoms with E-state index in [1.165, 1.54) is 12.3 Å². The van der Waals surface area contributed by atoms with E-state index in [0.29, 0.717) is 5.82 Å². The number of nitrogens with one attached hydrogen (secondary N) is 1. The standard InChI is InChI=1S/C15H18ClN5O3/c1-7(13-20-14(21-24-13)15(2,3)4)19-12(23)10-9(16)5-8(6-18-10)11(17)22/h5-7H,1-4H3,(H2,17,22)(H,19,23)/t7-/m0/s1. The molecule has 0 spiro atoms. The van der Waals surface area contributed by atoms with Crippen molar-refractivity contribution in [2.75, 3.05) is 0 Å². The van der Waals surface area contributed by atoms with Crippen molar-refractivity contribution in [1.82, 2.24) is 20.4 Å². The molecule has 0 fully saturated rings. The fourth-order valence-corrected chi connectivity index (χ4v) is 2.03. The van der Waals surface area contributed by atoms with Crippen LogP contribution in [0.2, 0.25) is 5.02 Å². The van der Waals surface area contributed by atoms with Gasteiger partial charge in [0.1, 0.15) is 11.7 Å². The number of carbonyl (C=O) groups excluding carboxylic acids is 2. The SMILES string of the molecule is C[C@H](NC(=O)c1ncc(C(N)=O)cc1Cl)c1nc(C(C)(C)C)no1. The average Bonchev–Trinajstić information content (AvgIpc) is 2.96. The van der Waals surface area contributed by atoms with Crippen molar-refractivity contribution in [3.63, 3.8) is 0 Å². The molecule has 2 rings (SSSR count). The fraction of sp³-hybridized carbons (Fsp3) is 0.400. The van der Waals surface area contributed by atoms with E-state index in [9.17, 15) is 9.59 Å². The topological polar surface area (TPSA) is 124 Å². The number of rotatable bonds is 4. The number of primary amides is 1. The summed E-state index contributed by atoms with van der Waals surface area (Å²) in [6.07, 6.45) is 1.19. The number of amides is 2. The number of nitrogens with two attached hydrogens (primary N) is 1. The summed E-state index contributed by atoms with van der Waals surface area (Å²) < 4.78 is 5.18. The molecule has 1 atom stereocenters. The third-order valence-electron chi connectivity index (χ3n) is 3.17. The van der Waals surface area contributed by atoms with Crippen LogP contribution in [0.25, 0.3) is 0 Å². The van der Waals surface area contributed by atoms with Gasteiger partial charge in [-0.2, -0.15) is 4.98 Å². The highest BCUT2D eigenvalue weighted by Crippen LogP contribution is 2.21. The number of hydrogen-bond donors (Lipinski definition) is 2. The molecular formula is C15H18ClN5O3. The molecule has 0 saturated carbocycles. The van der Waals surface area contributed by atoms with Crippen LogP contribution in [0.3, 0.4) is 0 Å². The van der Waals surface area contributed by atoms with E-state index in [-0.39, 0.29) is 27.6 Å². The molecule has 8 nitrogen and oxygen atoms in total. The molecule has 0 saturated heterocycles. The molecule has 2 aromatic heterocycles. The zero-order valence-corrected chi connectivity index (χ0v) is 14.5. The Kier molecular flexibility index (Phi) is 4.88. The molecule has 2 amide bonds. The monoisotopic (exact) mass is 351 g/mol. The molecule has 9 heteroatoms. The Morgan fingerprint density at radius 2 is 2.04 bits per heavy atom. The van der Waals surface area contributed by atoms with E-state index in [1.807, 2.05) is 20.8 Å². The van der Waals surface area contributed by atoms with Gasteiger partial charge in [0, 0.05) is 11.6 Å². The maximum absolute atomic E-state index is 12.3. The van der Waals surface area contributed by atoms with Crippen LogP contribution in [-0.2, 0) is 5.41 Å². The molecule has 3 N–H and O–H groups in total. The molecule has 0 radical (unpaired) electrons. The van der Waals surface area contributed by atoms with Crippen molar-refractivity contribution < 1.29 is 14.1 Å². The van der Waals surface area contributed by atoms with Gasteiger partial charge < -0.3 is 15.6 Å². The summed E-state index contributed by atoms with van der Waals surface area (Å²) in [5, 5.41) is 6.60. The first-order chi connectivity index (χ1) is 11.1. The third-order valence-corrected chi connectivity index (χ3v) is 3.46. The van der Waals surface area contributed by atoms with Crippen molar-refractivity contribution >= 4 is 23.4 Å². The summed E-state index contributed by atoms with van der Waals surface area (Å²) in [5.41, 5.74) is 4.97. The van der Waals surface area contributed by atoms with Crippen molar-refractivity contribution in [3.8, 4) is 0 Å². The summed E-state index contributed by atoms with van der Waals surface area (Å²) in [6.45, 7) is 7.56. The van der Waals surface area contributed by atoms with E-state index in [2.05, 4.69) is 20.4 Å². The number of pyridine rings is 1. The lowest BCUT2D eigenvalue weighted by Crippen LogP contribution is -2.28. The minimum Gasteiger partial charge on any atom is -0.366 e. The Labute approximate surface area is 143 Å². The van der Waals surface area contributed by atoms with Gasteiger partial charge in [0.25, 0.3) is 5.91 Å². The summed E-state index contributed by atoms with van der Waals surface area (Å²) in [7, 11) is 0. The highest BCUT2D eigenvalue weighted by atomic mass is 35.5. The number of aromatic nitrogens is 3. The second-order valence-corrected chi connectivity index (χ2v) is 6.73. The molecule has 0 aromatic carbocycles. The maximum atomic E-state index is 12.3. The van der Waals surface area contributed by atoms with E-state index in [4.69, 9.17) is 21.9 Å². The lowest BCUT2D eigenvalue weighted by atomic mass is 9.96. The number of nitrogens with zero attached hydrogens (tertiary/aromatic N) is 3. The van der Waals surface area contributed by atoms with Gasteiger partial charge in [-0.05, 0) is 13.0 Å². The van der Waals surface area contributed by atoms with E-state index in [0.717, 1.165) is 0 Å². The van der Waals surface area contributed by atoms with Gasteiger partial charge in [0.05, 0.1) is 10.6 Å². The second kappa shape index (κ2) is 6.56. The summed E-state index contributed by atoms with van der Waals surface area (Å²) in [4.78, 5) is 31.5. The van der Waals surface area contributed by atoms with Crippen molar-refractivity contribution in [3.05, 3.63) is 40.3 Å². The summed E-state index contributed by atoms with van der Waals surface area (Å²) >= 11 is 5.98. The molecule has 0 bridgehead atoms. The zero-order chi connectivity index (χ0) is 18.1. The summed E-state index contributed by atoms with van der Waals surface area (Å²) in [6, 6.07) is 0.760. The molecule has 2 heterocycles. The molecule has 0 unspecified atom stereocenters. The second-order valence-electron chi connectivity index (χ2n) is 6.32. The molecule has 24 heavy (non-hydrogen) atoms. The van der Waals surface area contributed by atoms with Gasteiger partial charge in [-0.1, -0.05) is 37.5 Å². The average molecular weight is 352 g/mol. The predicted molar refractivity (Wildman–Crippen MR) is 86.6 cm³/mol. The van der Waals surface area contributed by atoms with Crippen LogP contribution in [-0.4, -0.2) is 26.9 Å². The van der Waals surface area contributed by atoms with Gasteiger partial charge in [0.2, 0.25) is 11.8 Å². The van der Waals surface area contributed by atoms with Crippen LogP contribution < -0.4 is 11.1 Å².